The zero-order chi connectivity index (χ0) is 15.5. The van der Waals surface area contributed by atoms with Crippen LogP contribution in [-0.4, -0.2) is 22.7 Å². The highest BCUT2D eigenvalue weighted by Gasteiger charge is 2.41. The Bertz CT molecular complexity index is 498. The molecule has 0 radical (unpaired) electrons. The predicted octanol–water partition coefficient (Wildman–Crippen LogP) is 3.06. The van der Waals surface area contributed by atoms with Gasteiger partial charge in [-0.15, -0.1) is 11.6 Å². The van der Waals surface area contributed by atoms with Gasteiger partial charge in [0.2, 0.25) is 0 Å². The fourth-order valence-corrected chi connectivity index (χ4v) is 3.23. The summed E-state index contributed by atoms with van der Waals surface area (Å²) in [6, 6.07) is 1.80. The molecule has 4 nitrogen and oxygen atoms in total. The third kappa shape index (κ3) is 3.32. The Morgan fingerprint density at radius 2 is 2.20 bits per heavy atom. The molecule has 5 heteroatoms. The van der Waals surface area contributed by atoms with Crippen molar-refractivity contribution in [1.82, 2.24) is 4.90 Å². The van der Waals surface area contributed by atoms with Gasteiger partial charge >= 0.3 is 0 Å². The lowest BCUT2D eigenvalue weighted by Gasteiger charge is -2.42. The molecule has 1 rings (SSSR count). The first kappa shape index (κ1) is 16.5. The normalized spacial score (nSPS) is 25.9. The van der Waals surface area contributed by atoms with Gasteiger partial charge < -0.3 is 0 Å². The van der Waals surface area contributed by atoms with Gasteiger partial charge in [0, 0.05) is 5.92 Å². The van der Waals surface area contributed by atoms with Crippen LogP contribution >= 0.6 is 11.6 Å². The van der Waals surface area contributed by atoms with E-state index in [1.54, 1.807) is 12.3 Å². The average Bonchev–Trinajstić information content (AvgIpc) is 2.38. The van der Waals surface area contributed by atoms with Crippen LogP contribution in [0.5, 0.6) is 0 Å². The molecular weight excluding hydrogens is 274 g/mol. The van der Waals surface area contributed by atoms with E-state index in [-0.39, 0.29) is 23.8 Å². The van der Waals surface area contributed by atoms with Crippen LogP contribution in [0.3, 0.4) is 0 Å². The van der Waals surface area contributed by atoms with Crippen molar-refractivity contribution in [1.29, 1.82) is 10.5 Å². The molecule has 0 aromatic rings. The second kappa shape index (κ2) is 6.29. The van der Waals surface area contributed by atoms with Crippen molar-refractivity contribution in [2.45, 2.75) is 39.5 Å². The van der Waals surface area contributed by atoms with E-state index in [0.717, 1.165) is 11.3 Å². The van der Waals surface area contributed by atoms with E-state index >= 15 is 0 Å². The molecule has 0 aliphatic heterocycles. The summed E-state index contributed by atoms with van der Waals surface area (Å²) in [6.45, 7) is 8.17. The quantitative estimate of drug-likeness (QED) is 0.264. The Morgan fingerprint density at radius 1 is 1.60 bits per heavy atom. The number of carbonyl (C=O) groups excluding carboxylic acids is 1. The zero-order valence-electron chi connectivity index (χ0n) is 12.4. The fraction of sp³-hybridized carbons (Fsp3) is 0.667. The highest BCUT2D eigenvalue weighted by atomic mass is 35.5. The molecule has 0 bridgehead atoms. The molecule has 0 saturated heterocycles. The van der Waals surface area contributed by atoms with E-state index in [1.807, 2.05) is 13.0 Å². The van der Waals surface area contributed by atoms with Crippen LogP contribution in [0.2, 0.25) is 0 Å². The van der Waals surface area contributed by atoms with Crippen LogP contribution in [0.15, 0.2) is 11.6 Å². The molecule has 1 amide bonds. The highest BCUT2D eigenvalue weighted by molar-refractivity contribution is 6.31. The number of alkyl halides is 1. The van der Waals surface area contributed by atoms with Crippen molar-refractivity contribution in [3.8, 4) is 12.3 Å². The topological polar surface area (TPSA) is 67.9 Å². The summed E-state index contributed by atoms with van der Waals surface area (Å²) in [5.74, 6) is -0.392. The zero-order valence-corrected chi connectivity index (χ0v) is 13.1. The van der Waals surface area contributed by atoms with Gasteiger partial charge in [-0.2, -0.15) is 10.5 Å². The van der Waals surface area contributed by atoms with Crippen LogP contribution in [0.25, 0.3) is 0 Å². The molecule has 0 spiro atoms. The van der Waals surface area contributed by atoms with Gasteiger partial charge in [0.05, 0.1) is 6.07 Å². The second-order valence-electron chi connectivity index (χ2n) is 6.13. The molecule has 0 saturated carbocycles. The predicted molar refractivity (Wildman–Crippen MR) is 77.4 cm³/mol. The highest BCUT2D eigenvalue weighted by Crippen LogP contribution is 2.45. The number of hydrogen-bond acceptors (Lipinski definition) is 3. The average molecular weight is 294 g/mol. The minimum Gasteiger partial charge on any atom is -0.272 e. The maximum absolute atomic E-state index is 12.2. The van der Waals surface area contributed by atoms with E-state index in [0.29, 0.717) is 0 Å². The summed E-state index contributed by atoms with van der Waals surface area (Å²) >= 11 is 6.31. The van der Waals surface area contributed by atoms with Crippen LogP contribution in [0, 0.1) is 40.0 Å². The lowest BCUT2D eigenvalue weighted by molar-refractivity contribution is -0.128. The molecule has 0 aromatic carbocycles. The van der Waals surface area contributed by atoms with Crippen LogP contribution in [0.4, 0.5) is 0 Å². The van der Waals surface area contributed by atoms with Gasteiger partial charge in [0.15, 0.2) is 6.19 Å². The molecule has 3 atom stereocenters. The van der Waals surface area contributed by atoms with E-state index in [9.17, 15) is 4.79 Å². The maximum Gasteiger partial charge on any atom is 0.255 e. The first-order valence-electron chi connectivity index (χ1n) is 6.64. The molecule has 1 aliphatic rings. The maximum atomic E-state index is 12.2. The molecule has 20 heavy (non-hydrogen) atoms. The van der Waals surface area contributed by atoms with Crippen LogP contribution in [-0.2, 0) is 4.79 Å². The van der Waals surface area contributed by atoms with Crippen molar-refractivity contribution in [2.75, 3.05) is 6.54 Å². The lowest BCUT2D eigenvalue weighted by Crippen LogP contribution is -2.43. The van der Waals surface area contributed by atoms with Crippen LogP contribution < -0.4 is 0 Å². The Hall–Kier alpha value is -1.52. The Balaban J connectivity index is 2.99. The van der Waals surface area contributed by atoms with E-state index in [2.05, 4.69) is 20.8 Å². The number of nitrogens with zero attached hydrogens (tertiary/aromatic N) is 3. The van der Waals surface area contributed by atoms with Crippen LogP contribution in [0.1, 0.15) is 34.1 Å². The number of rotatable bonds is 3. The smallest absolute Gasteiger partial charge is 0.255 e. The molecule has 108 valence electrons. The van der Waals surface area contributed by atoms with Crippen molar-refractivity contribution < 1.29 is 4.79 Å². The van der Waals surface area contributed by atoms with Crippen molar-refractivity contribution in [3.05, 3.63) is 11.6 Å². The van der Waals surface area contributed by atoms with Gasteiger partial charge in [-0.05, 0) is 24.7 Å². The van der Waals surface area contributed by atoms with Gasteiger partial charge in [0.25, 0.3) is 5.91 Å². The first-order valence-corrected chi connectivity index (χ1v) is 7.07. The molecule has 1 aliphatic carbocycles. The summed E-state index contributed by atoms with van der Waals surface area (Å²) in [7, 11) is 0. The summed E-state index contributed by atoms with van der Waals surface area (Å²) in [6.07, 6.45) is 4.74. The number of halogens is 1. The van der Waals surface area contributed by atoms with Crippen molar-refractivity contribution in [3.63, 3.8) is 0 Å². The molecule has 3 unspecified atom stereocenters. The molecule has 0 aromatic heterocycles. The number of amides is 1. The first-order chi connectivity index (χ1) is 9.24. The van der Waals surface area contributed by atoms with E-state index in [1.165, 1.54) is 5.57 Å². The molecule has 0 N–H and O–H groups in total. The lowest BCUT2D eigenvalue weighted by atomic mass is 9.64. The SMILES string of the molecule is CC1=CC(C(Cl)C(=O)N(C#N)CC#N)C(C)C(C)(C)C1. The van der Waals surface area contributed by atoms with Gasteiger partial charge in [0.1, 0.15) is 11.9 Å². The number of carbonyl (C=O) groups is 1. The van der Waals surface area contributed by atoms with Gasteiger partial charge in [-0.1, -0.05) is 32.4 Å². The third-order valence-corrected chi connectivity index (χ3v) is 4.69. The monoisotopic (exact) mass is 293 g/mol. The molecular formula is C15H20ClN3O. The Kier molecular flexibility index (Phi) is 5.20. The summed E-state index contributed by atoms with van der Waals surface area (Å²) in [4.78, 5) is 13.0. The summed E-state index contributed by atoms with van der Waals surface area (Å²) in [5.41, 5.74) is 1.27. The van der Waals surface area contributed by atoms with E-state index in [4.69, 9.17) is 22.1 Å². The Morgan fingerprint density at radius 3 is 2.70 bits per heavy atom. The number of hydrogen-bond donors (Lipinski definition) is 0. The largest absolute Gasteiger partial charge is 0.272 e. The summed E-state index contributed by atoms with van der Waals surface area (Å²) < 4.78 is 0. The number of nitriles is 2. The third-order valence-electron chi connectivity index (χ3n) is 4.21. The molecule has 0 fully saturated rings. The van der Waals surface area contributed by atoms with Gasteiger partial charge in [-0.3, -0.25) is 4.79 Å². The van der Waals surface area contributed by atoms with Gasteiger partial charge in [-0.25, -0.2) is 4.90 Å². The number of allylic oxidation sites excluding steroid dienone is 2. The Labute approximate surface area is 125 Å². The summed E-state index contributed by atoms with van der Waals surface area (Å²) in [5, 5.41) is 16.7. The van der Waals surface area contributed by atoms with Crippen molar-refractivity contribution in [2.24, 2.45) is 17.3 Å². The minimum atomic E-state index is -0.812. The molecule has 0 heterocycles. The second-order valence-corrected chi connectivity index (χ2v) is 6.60. The fourth-order valence-electron chi connectivity index (χ4n) is 2.82. The standard InChI is InChI=1S/C15H20ClN3O/c1-10-7-12(11(2)15(3,4)8-10)13(16)14(20)19(9-18)6-5-17/h7,11-13H,6,8H2,1-4H3. The van der Waals surface area contributed by atoms with E-state index < -0.39 is 11.3 Å². The minimum absolute atomic E-state index is 0.0591. The van der Waals surface area contributed by atoms with Crippen molar-refractivity contribution >= 4 is 17.5 Å².